The van der Waals surface area contributed by atoms with Crippen LogP contribution in [-0.2, 0) is 14.8 Å². The fraction of sp³-hybridized carbons (Fsp3) is 1.00. The fourth-order valence-corrected chi connectivity index (χ4v) is 3.65. The Kier molecular flexibility index (Phi) is 4.37. The van der Waals surface area contributed by atoms with Crippen LogP contribution in [0, 0.1) is 5.41 Å². The van der Waals surface area contributed by atoms with Gasteiger partial charge in [0.25, 0.3) is 0 Å². The molecular weight excluding hydrogens is 226 g/mol. The molecule has 96 valence electrons. The lowest BCUT2D eigenvalue weighted by Gasteiger charge is -2.55. The lowest BCUT2D eigenvalue weighted by atomic mass is 9.59. The molecule has 1 N–H and O–H groups in total. The summed E-state index contributed by atoms with van der Waals surface area (Å²) < 4.78 is 30.9. The molecule has 0 heterocycles. The van der Waals surface area contributed by atoms with Gasteiger partial charge in [-0.2, -0.15) is 0 Å². The highest BCUT2D eigenvalue weighted by Crippen LogP contribution is 2.49. The maximum absolute atomic E-state index is 11.3. The third-order valence-corrected chi connectivity index (χ3v) is 4.54. The Morgan fingerprint density at radius 3 is 2.25 bits per heavy atom. The van der Waals surface area contributed by atoms with E-state index in [9.17, 15) is 8.42 Å². The molecule has 2 atom stereocenters. The molecule has 1 saturated carbocycles. The Morgan fingerprint density at radius 1 is 1.31 bits per heavy atom. The summed E-state index contributed by atoms with van der Waals surface area (Å²) in [5.41, 5.74) is -0.0148. The molecule has 0 spiro atoms. The van der Waals surface area contributed by atoms with Gasteiger partial charge in [0.05, 0.1) is 12.4 Å². The minimum Gasteiger partial charge on any atom is -0.378 e. The first-order valence-electron chi connectivity index (χ1n) is 5.98. The zero-order valence-electron chi connectivity index (χ0n) is 10.6. The summed E-state index contributed by atoms with van der Waals surface area (Å²) in [6.07, 6.45) is 4.11. The van der Waals surface area contributed by atoms with Crippen LogP contribution in [0.1, 0.15) is 40.0 Å². The lowest BCUT2D eigenvalue weighted by Crippen LogP contribution is -2.64. The fourth-order valence-electron chi connectivity index (χ4n) is 2.80. The summed E-state index contributed by atoms with van der Waals surface area (Å²) >= 11 is 0. The third-order valence-electron chi connectivity index (χ3n) is 3.83. The molecule has 0 aromatic rings. The van der Waals surface area contributed by atoms with Crippen molar-refractivity contribution in [1.82, 2.24) is 4.72 Å². The van der Waals surface area contributed by atoms with E-state index in [0.717, 1.165) is 19.3 Å². The second-order valence-corrected chi connectivity index (χ2v) is 6.34. The minimum absolute atomic E-state index is 0.0148. The van der Waals surface area contributed by atoms with Gasteiger partial charge in [-0.3, -0.25) is 0 Å². The number of hydrogen-bond acceptors (Lipinski definition) is 3. The van der Waals surface area contributed by atoms with Crippen LogP contribution in [0.2, 0.25) is 0 Å². The molecule has 0 bridgehead atoms. The second kappa shape index (κ2) is 5.02. The molecule has 1 rings (SSSR count). The van der Waals surface area contributed by atoms with Gasteiger partial charge in [0.15, 0.2) is 0 Å². The zero-order chi connectivity index (χ0) is 12.4. The highest BCUT2D eigenvalue weighted by molar-refractivity contribution is 7.88. The van der Waals surface area contributed by atoms with Crippen LogP contribution in [0.15, 0.2) is 0 Å². The van der Waals surface area contributed by atoms with Crippen molar-refractivity contribution in [3.63, 3.8) is 0 Å². The van der Waals surface area contributed by atoms with Crippen molar-refractivity contribution < 1.29 is 13.2 Å². The molecule has 0 unspecified atom stereocenters. The maximum Gasteiger partial charge on any atom is 0.208 e. The van der Waals surface area contributed by atoms with E-state index >= 15 is 0 Å². The zero-order valence-corrected chi connectivity index (χ0v) is 11.4. The van der Waals surface area contributed by atoms with Crippen molar-refractivity contribution in [1.29, 1.82) is 0 Å². The van der Waals surface area contributed by atoms with E-state index in [1.54, 1.807) is 0 Å². The largest absolute Gasteiger partial charge is 0.378 e. The molecule has 1 aliphatic carbocycles. The smallest absolute Gasteiger partial charge is 0.208 e. The summed E-state index contributed by atoms with van der Waals surface area (Å²) in [5, 5.41) is 0. The molecule has 0 amide bonds. The van der Waals surface area contributed by atoms with Gasteiger partial charge < -0.3 is 4.74 Å². The van der Waals surface area contributed by atoms with E-state index in [1.807, 2.05) is 6.92 Å². The van der Waals surface area contributed by atoms with Crippen molar-refractivity contribution >= 4 is 10.0 Å². The molecule has 16 heavy (non-hydrogen) atoms. The third kappa shape index (κ3) is 2.57. The number of nitrogens with one attached hydrogen (secondary N) is 1. The molecule has 0 aromatic carbocycles. The molecule has 0 aliphatic heterocycles. The van der Waals surface area contributed by atoms with Gasteiger partial charge in [-0.1, -0.05) is 13.8 Å². The molecule has 5 heteroatoms. The van der Waals surface area contributed by atoms with Crippen LogP contribution in [0.5, 0.6) is 0 Å². The van der Waals surface area contributed by atoms with Crippen molar-refractivity contribution in [2.24, 2.45) is 5.41 Å². The summed E-state index contributed by atoms with van der Waals surface area (Å²) in [7, 11) is -3.12. The van der Waals surface area contributed by atoms with Crippen molar-refractivity contribution in [2.45, 2.75) is 52.2 Å². The highest BCUT2D eigenvalue weighted by atomic mass is 32.2. The van der Waals surface area contributed by atoms with Gasteiger partial charge in [0.2, 0.25) is 10.0 Å². The summed E-state index contributed by atoms with van der Waals surface area (Å²) in [5.74, 6) is 0. The molecule has 1 aliphatic rings. The van der Waals surface area contributed by atoms with E-state index in [-0.39, 0.29) is 17.6 Å². The quantitative estimate of drug-likeness (QED) is 0.776. The van der Waals surface area contributed by atoms with Crippen LogP contribution in [0.25, 0.3) is 0 Å². The molecule has 1 fully saturated rings. The number of ether oxygens (including phenoxy) is 1. The Balaban J connectivity index is 2.75. The average molecular weight is 249 g/mol. The number of sulfonamides is 1. The maximum atomic E-state index is 11.3. The standard InChI is InChI=1S/C11H23NO3S/c1-5-11(6-2)9(12-16(4,13)14)8-10(11)15-7-3/h9-10,12H,5-8H2,1-4H3/t9-,10+/m1/s1. The van der Waals surface area contributed by atoms with Crippen molar-refractivity contribution in [3.05, 3.63) is 0 Å². The monoisotopic (exact) mass is 249 g/mol. The van der Waals surface area contributed by atoms with Crippen LogP contribution < -0.4 is 4.72 Å². The van der Waals surface area contributed by atoms with Crippen molar-refractivity contribution in [2.75, 3.05) is 12.9 Å². The SMILES string of the molecule is CCO[C@H]1C[C@@H](NS(C)(=O)=O)C1(CC)CC. The lowest BCUT2D eigenvalue weighted by molar-refractivity contribution is -0.132. The summed E-state index contributed by atoms with van der Waals surface area (Å²) in [6.45, 7) is 6.88. The second-order valence-electron chi connectivity index (χ2n) is 4.56. The minimum atomic E-state index is -3.12. The Hall–Kier alpha value is -0.130. The molecule has 0 aromatic heterocycles. The van der Waals surface area contributed by atoms with Gasteiger partial charge in [-0.05, 0) is 26.2 Å². The van der Waals surface area contributed by atoms with E-state index in [1.165, 1.54) is 6.26 Å². The van der Waals surface area contributed by atoms with Gasteiger partial charge in [0.1, 0.15) is 0 Å². The van der Waals surface area contributed by atoms with Crippen LogP contribution in [-0.4, -0.2) is 33.4 Å². The molecule has 0 radical (unpaired) electrons. The van der Waals surface area contributed by atoms with E-state index in [0.29, 0.717) is 6.61 Å². The Labute approximate surface area is 98.8 Å². The summed E-state index contributed by atoms with van der Waals surface area (Å²) in [4.78, 5) is 0. The molecule has 0 saturated heterocycles. The van der Waals surface area contributed by atoms with Gasteiger partial charge in [0, 0.05) is 18.1 Å². The van der Waals surface area contributed by atoms with E-state index < -0.39 is 10.0 Å². The average Bonchev–Trinajstić information content (AvgIpc) is 2.16. The Bertz CT molecular complexity index is 322. The predicted octanol–water partition coefficient (Wildman–Crippen LogP) is 1.52. The first-order chi connectivity index (χ1) is 7.39. The number of hydrogen-bond donors (Lipinski definition) is 1. The first kappa shape index (κ1) is 13.9. The normalized spacial score (nSPS) is 28.8. The van der Waals surface area contributed by atoms with Crippen LogP contribution in [0.3, 0.4) is 0 Å². The number of rotatable bonds is 6. The molecular formula is C11H23NO3S. The predicted molar refractivity (Wildman–Crippen MR) is 64.8 cm³/mol. The van der Waals surface area contributed by atoms with Crippen molar-refractivity contribution in [3.8, 4) is 0 Å². The van der Waals surface area contributed by atoms with Gasteiger partial charge in [-0.25, -0.2) is 13.1 Å². The van der Waals surface area contributed by atoms with E-state index in [4.69, 9.17) is 4.74 Å². The molecule has 4 nitrogen and oxygen atoms in total. The van der Waals surface area contributed by atoms with Crippen LogP contribution >= 0.6 is 0 Å². The Morgan fingerprint density at radius 2 is 1.88 bits per heavy atom. The van der Waals surface area contributed by atoms with E-state index in [2.05, 4.69) is 18.6 Å². The summed E-state index contributed by atoms with van der Waals surface area (Å²) in [6, 6.07) is 0.0362. The topological polar surface area (TPSA) is 55.4 Å². The van der Waals surface area contributed by atoms with Gasteiger partial charge >= 0.3 is 0 Å². The first-order valence-corrected chi connectivity index (χ1v) is 7.87. The highest BCUT2D eigenvalue weighted by Gasteiger charge is 2.54. The van der Waals surface area contributed by atoms with Crippen LogP contribution in [0.4, 0.5) is 0 Å². The van der Waals surface area contributed by atoms with Gasteiger partial charge in [-0.15, -0.1) is 0 Å².